The first kappa shape index (κ1) is 17.0. The largest absolute Gasteiger partial charge is 0.465 e. The van der Waals surface area contributed by atoms with Gasteiger partial charge in [-0.3, -0.25) is 4.79 Å². The Hall–Kier alpha value is -3.39. The van der Waals surface area contributed by atoms with E-state index in [9.17, 15) is 14.7 Å². The molecule has 0 bridgehead atoms. The molecule has 0 aliphatic heterocycles. The maximum Gasteiger partial charge on any atom is 0.414 e. The number of nitrogens with one attached hydrogen (secondary N) is 2. The highest BCUT2D eigenvalue weighted by Gasteiger charge is 2.17. The fourth-order valence-corrected chi connectivity index (χ4v) is 3.30. The molecule has 27 heavy (non-hydrogen) atoms. The summed E-state index contributed by atoms with van der Waals surface area (Å²) in [5, 5.41) is 17.4. The molecule has 2 heterocycles. The Kier molecular flexibility index (Phi) is 4.04. The fraction of sp³-hybridized carbons (Fsp3) is 0.111. The van der Waals surface area contributed by atoms with Gasteiger partial charge in [0.05, 0.1) is 21.4 Å². The average molecular weight is 384 g/mol. The zero-order valence-electron chi connectivity index (χ0n) is 14.2. The number of H-pyrrole nitrogens is 2. The maximum absolute atomic E-state index is 12.0. The number of aromatic amines is 2. The normalized spacial score (nSPS) is 11.2. The molecule has 2 aromatic heterocycles. The van der Waals surface area contributed by atoms with E-state index in [1.54, 1.807) is 43.3 Å². The molecule has 0 fully saturated rings. The van der Waals surface area contributed by atoms with Gasteiger partial charge in [-0.15, -0.1) is 0 Å². The molecule has 0 atom stereocenters. The van der Waals surface area contributed by atoms with Crippen molar-refractivity contribution in [2.45, 2.75) is 6.92 Å². The van der Waals surface area contributed by atoms with E-state index in [-0.39, 0.29) is 18.1 Å². The van der Waals surface area contributed by atoms with Gasteiger partial charge in [0.25, 0.3) is 5.56 Å². The number of amides is 1. The van der Waals surface area contributed by atoms with Gasteiger partial charge >= 0.3 is 6.09 Å². The molecule has 0 saturated heterocycles. The molecule has 0 aliphatic carbocycles. The number of aromatic nitrogens is 4. The van der Waals surface area contributed by atoms with Gasteiger partial charge in [-0.25, -0.2) is 19.8 Å². The van der Waals surface area contributed by atoms with E-state index in [4.69, 9.17) is 11.6 Å². The third-order valence-corrected chi connectivity index (χ3v) is 4.62. The second kappa shape index (κ2) is 6.40. The molecule has 0 radical (unpaired) electrons. The summed E-state index contributed by atoms with van der Waals surface area (Å²) >= 11 is 6.32. The Morgan fingerprint density at radius 2 is 2.11 bits per heavy atom. The lowest BCUT2D eigenvalue weighted by Gasteiger charge is -2.12. The highest BCUT2D eigenvalue weighted by atomic mass is 35.5. The SMILES string of the molecule is CCN(C(=O)O)c1nc2ccc(-c3n[nH]c(=O)c4cccc(Cl)c34)cc2[nH]1. The predicted molar refractivity (Wildman–Crippen MR) is 104 cm³/mol. The Morgan fingerprint density at radius 3 is 2.85 bits per heavy atom. The lowest BCUT2D eigenvalue weighted by atomic mass is 10.0. The number of halogens is 1. The number of carboxylic acid groups (broad SMARTS) is 1. The third kappa shape index (κ3) is 2.80. The van der Waals surface area contributed by atoms with Crippen LogP contribution in [-0.4, -0.2) is 37.9 Å². The number of benzene rings is 2. The van der Waals surface area contributed by atoms with Crippen LogP contribution in [0.4, 0.5) is 10.7 Å². The van der Waals surface area contributed by atoms with Gasteiger partial charge in [0, 0.05) is 17.5 Å². The molecule has 8 nitrogen and oxygen atoms in total. The Morgan fingerprint density at radius 1 is 1.30 bits per heavy atom. The van der Waals surface area contributed by atoms with Crippen molar-refractivity contribution in [2.75, 3.05) is 11.4 Å². The van der Waals surface area contributed by atoms with Crippen molar-refractivity contribution in [1.82, 2.24) is 20.2 Å². The quantitative estimate of drug-likeness (QED) is 0.499. The fourth-order valence-electron chi connectivity index (χ4n) is 3.03. The standard InChI is InChI=1S/C18H14ClN5O3/c1-2-24(18(26)27)17-20-12-7-6-9(8-13(12)21-17)15-14-10(16(25)23-22-15)4-3-5-11(14)19/h3-8H,2H2,1H3,(H,20,21)(H,23,25)(H,26,27). The topological polar surface area (TPSA) is 115 Å². The van der Waals surface area contributed by atoms with Crippen LogP contribution in [0.5, 0.6) is 0 Å². The van der Waals surface area contributed by atoms with E-state index in [2.05, 4.69) is 20.2 Å². The van der Waals surface area contributed by atoms with Crippen LogP contribution in [0.15, 0.2) is 41.2 Å². The molecular weight excluding hydrogens is 370 g/mol. The van der Waals surface area contributed by atoms with Crippen molar-refractivity contribution in [3.63, 3.8) is 0 Å². The molecule has 2 aromatic carbocycles. The van der Waals surface area contributed by atoms with Crippen LogP contribution in [0.3, 0.4) is 0 Å². The monoisotopic (exact) mass is 383 g/mol. The summed E-state index contributed by atoms with van der Waals surface area (Å²) in [6, 6.07) is 10.4. The summed E-state index contributed by atoms with van der Waals surface area (Å²) < 4.78 is 0. The first-order valence-corrected chi connectivity index (χ1v) is 8.55. The molecular formula is C18H14ClN5O3. The van der Waals surface area contributed by atoms with Crippen molar-refractivity contribution in [1.29, 1.82) is 0 Å². The molecule has 4 aromatic rings. The Balaban J connectivity index is 1.91. The van der Waals surface area contributed by atoms with E-state index in [1.807, 2.05) is 0 Å². The molecule has 0 aliphatic rings. The van der Waals surface area contributed by atoms with Gasteiger partial charge in [-0.05, 0) is 31.2 Å². The summed E-state index contributed by atoms with van der Waals surface area (Å²) in [6.45, 7) is 1.99. The second-order valence-electron chi connectivity index (χ2n) is 5.88. The van der Waals surface area contributed by atoms with Crippen molar-refractivity contribution < 1.29 is 9.90 Å². The van der Waals surface area contributed by atoms with E-state index in [0.29, 0.717) is 38.1 Å². The van der Waals surface area contributed by atoms with Gasteiger partial charge in [-0.2, -0.15) is 5.10 Å². The number of carbonyl (C=O) groups is 1. The highest BCUT2D eigenvalue weighted by Crippen LogP contribution is 2.31. The summed E-state index contributed by atoms with van der Waals surface area (Å²) in [6.07, 6.45) is -1.09. The summed E-state index contributed by atoms with van der Waals surface area (Å²) in [7, 11) is 0. The van der Waals surface area contributed by atoms with Crippen molar-refractivity contribution in [3.05, 3.63) is 51.8 Å². The zero-order valence-corrected chi connectivity index (χ0v) is 14.9. The van der Waals surface area contributed by atoms with E-state index < -0.39 is 6.09 Å². The Labute approximate surface area is 157 Å². The molecule has 0 spiro atoms. The average Bonchev–Trinajstić information content (AvgIpc) is 3.05. The van der Waals surface area contributed by atoms with Crippen LogP contribution in [0.25, 0.3) is 33.1 Å². The minimum atomic E-state index is -1.09. The molecule has 4 rings (SSSR count). The van der Waals surface area contributed by atoms with Crippen molar-refractivity contribution >= 4 is 45.4 Å². The lowest BCUT2D eigenvalue weighted by Crippen LogP contribution is -2.29. The minimum absolute atomic E-state index is 0.245. The smallest absolute Gasteiger partial charge is 0.414 e. The van der Waals surface area contributed by atoms with Gasteiger partial charge in [0.2, 0.25) is 5.95 Å². The number of hydrogen-bond acceptors (Lipinski definition) is 4. The van der Waals surface area contributed by atoms with Crippen molar-refractivity contribution in [3.8, 4) is 11.3 Å². The van der Waals surface area contributed by atoms with E-state index in [0.717, 1.165) is 4.90 Å². The molecule has 3 N–H and O–H groups in total. The Bertz CT molecular complexity index is 1250. The number of fused-ring (bicyclic) bond motifs is 2. The summed E-state index contributed by atoms with van der Waals surface area (Å²) in [5.74, 6) is 0.245. The minimum Gasteiger partial charge on any atom is -0.465 e. The highest BCUT2D eigenvalue weighted by molar-refractivity contribution is 6.36. The first-order chi connectivity index (χ1) is 13.0. The molecule has 9 heteroatoms. The molecule has 0 saturated carbocycles. The second-order valence-corrected chi connectivity index (χ2v) is 6.29. The summed E-state index contributed by atoms with van der Waals surface area (Å²) in [5.41, 5.74) is 2.19. The number of anilines is 1. The third-order valence-electron chi connectivity index (χ3n) is 4.31. The van der Waals surface area contributed by atoms with Gasteiger partial charge < -0.3 is 10.1 Å². The zero-order chi connectivity index (χ0) is 19.1. The molecule has 0 unspecified atom stereocenters. The van der Waals surface area contributed by atoms with Crippen LogP contribution < -0.4 is 10.5 Å². The maximum atomic E-state index is 12.0. The van der Waals surface area contributed by atoms with Gasteiger partial charge in [0.1, 0.15) is 5.69 Å². The number of nitrogens with zero attached hydrogens (tertiary/aromatic N) is 3. The number of hydrogen-bond donors (Lipinski definition) is 3. The molecule has 136 valence electrons. The molecule has 1 amide bonds. The van der Waals surface area contributed by atoms with E-state index in [1.165, 1.54) is 0 Å². The van der Waals surface area contributed by atoms with Crippen LogP contribution in [-0.2, 0) is 0 Å². The van der Waals surface area contributed by atoms with Crippen LogP contribution in [0.2, 0.25) is 5.02 Å². The van der Waals surface area contributed by atoms with Gasteiger partial charge in [-0.1, -0.05) is 23.7 Å². The van der Waals surface area contributed by atoms with Crippen LogP contribution >= 0.6 is 11.6 Å². The number of imidazole rings is 1. The van der Waals surface area contributed by atoms with E-state index >= 15 is 0 Å². The van der Waals surface area contributed by atoms with Gasteiger partial charge in [0.15, 0.2) is 0 Å². The predicted octanol–water partition coefficient (Wildman–Crippen LogP) is 3.62. The van der Waals surface area contributed by atoms with Crippen LogP contribution in [0.1, 0.15) is 6.92 Å². The summed E-state index contributed by atoms with van der Waals surface area (Å²) in [4.78, 5) is 31.8. The van der Waals surface area contributed by atoms with Crippen LogP contribution in [0, 0.1) is 0 Å². The lowest BCUT2D eigenvalue weighted by molar-refractivity contribution is 0.202. The number of rotatable bonds is 3. The first-order valence-electron chi connectivity index (χ1n) is 8.17. The van der Waals surface area contributed by atoms with Crippen molar-refractivity contribution in [2.24, 2.45) is 0 Å².